The molecule has 3 aliphatic heterocycles. The van der Waals surface area contributed by atoms with Crippen molar-refractivity contribution in [2.24, 2.45) is 9.98 Å². The zero-order chi connectivity index (χ0) is 34.7. The van der Waals surface area contributed by atoms with Gasteiger partial charge in [0.25, 0.3) is 0 Å². The number of nitrogen functional groups attached to an aromatic ring is 1. The number of hydrogen-bond donors (Lipinski definition) is 2. The maximum absolute atomic E-state index is 16.9. The number of methoxy groups -OCH3 is 2. The van der Waals surface area contributed by atoms with Crippen LogP contribution in [0.25, 0.3) is 11.3 Å². The lowest BCUT2D eigenvalue weighted by Crippen LogP contribution is -2.42. The van der Waals surface area contributed by atoms with Crippen molar-refractivity contribution < 1.29 is 27.7 Å². The first-order chi connectivity index (χ1) is 23.7. The van der Waals surface area contributed by atoms with Gasteiger partial charge in [-0.25, -0.2) is 14.4 Å². The van der Waals surface area contributed by atoms with Crippen LogP contribution in [0.15, 0.2) is 27.7 Å². The molecule has 1 saturated carbocycles. The van der Waals surface area contributed by atoms with Gasteiger partial charge in [-0.2, -0.15) is 4.39 Å². The van der Waals surface area contributed by atoms with E-state index in [0.717, 1.165) is 51.6 Å². The summed E-state index contributed by atoms with van der Waals surface area (Å²) in [6.45, 7) is 8.77. The summed E-state index contributed by atoms with van der Waals surface area (Å²) in [6.07, 6.45) is 7.48. The van der Waals surface area contributed by atoms with Crippen molar-refractivity contribution in [3.05, 3.63) is 45.2 Å². The Bertz CT molecular complexity index is 1660. The Hall–Kier alpha value is -3.49. The normalized spacial score (nSPS) is 22.4. The van der Waals surface area contributed by atoms with Crippen LogP contribution in [0.5, 0.6) is 5.88 Å². The van der Waals surface area contributed by atoms with Crippen LogP contribution in [0.1, 0.15) is 61.1 Å². The molecule has 6 rings (SSSR count). The fourth-order valence-electron chi connectivity index (χ4n) is 7.49. The molecule has 0 bridgehead atoms. The van der Waals surface area contributed by atoms with Gasteiger partial charge < -0.3 is 29.6 Å². The fourth-order valence-corrected chi connectivity index (χ4v) is 7.85. The molecule has 4 aliphatic rings. The summed E-state index contributed by atoms with van der Waals surface area (Å²) in [7, 11) is 3.11. The van der Waals surface area contributed by atoms with E-state index in [-0.39, 0.29) is 62.8 Å². The molecule has 4 heterocycles. The van der Waals surface area contributed by atoms with Gasteiger partial charge in [-0.3, -0.25) is 15.3 Å². The van der Waals surface area contributed by atoms with Crippen molar-refractivity contribution in [3.8, 4) is 17.1 Å². The number of aromatic nitrogens is 1. The van der Waals surface area contributed by atoms with Crippen molar-refractivity contribution in [1.82, 2.24) is 14.8 Å². The second-order valence-electron chi connectivity index (χ2n) is 13.0. The molecule has 0 amide bonds. The van der Waals surface area contributed by atoms with Gasteiger partial charge >= 0.3 is 0 Å². The fraction of sp³-hybridized carbons (Fsp3) is 0.543. The molecule has 11 nitrogen and oxygen atoms in total. The molecule has 264 valence electrons. The molecule has 3 saturated heterocycles. The topological polar surface area (TPSA) is 131 Å². The number of amidine groups is 1. The third-order valence-electron chi connectivity index (χ3n) is 9.87. The molecule has 1 aromatic heterocycles. The number of aliphatic imine (C=N–C) groups is 2. The van der Waals surface area contributed by atoms with Gasteiger partial charge in [0.15, 0.2) is 5.82 Å². The molecule has 1 unspecified atom stereocenters. The number of pyridine rings is 1. The van der Waals surface area contributed by atoms with Gasteiger partial charge in [-0.15, -0.1) is 0 Å². The smallest absolute Gasteiger partial charge is 0.227 e. The summed E-state index contributed by atoms with van der Waals surface area (Å²) in [5.74, 6) is -1.87. The highest BCUT2D eigenvalue weighted by atomic mass is 35.5. The first kappa shape index (κ1) is 35.3. The highest BCUT2D eigenvalue weighted by Crippen LogP contribution is 2.51. The van der Waals surface area contributed by atoms with Crippen LogP contribution in [0, 0.1) is 11.2 Å². The molecular formula is C35H44ClF2N7O4. The molecule has 0 spiro atoms. The summed E-state index contributed by atoms with van der Waals surface area (Å²) < 4.78 is 54.8. The average Bonchev–Trinajstić information content (AvgIpc) is 3.81. The molecule has 14 heteroatoms. The van der Waals surface area contributed by atoms with Crippen LogP contribution in [-0.2, 0) is 14.2 Å². The van der Waals surface area contributed by atoms with Gasteiger partial charge in [0, 0.05) is 55.2 Å². The summed E-state index contributed by atoms with van der Waals surface area (Å²) in [5.41, 5.74) is 7.30. The van der Waals surface area contributed by atoms with Gasteiger partial charge in [0.05, 0.1) is 32.5 Å². The Balaban J connectivity index is 1.41. The minimum atomic E-state index is -1.32. The van der Waals surface area contributed by atoms with E-state index in [1.165, 1.54) is 18.7 Å². The molecule has 3 N–H and O–H groups in total. The number of halogens is 3. The molecule has 1 aliphatic carbocycles. The van der Waals surface area contributed by atoms with Crippen molar-refractivity contribution in [2.45, 2.75) is 50.0 Å². The van der Waals surface area contributed by atoms with Crippen molar-refractivity contribution >= 4 is 41.5 Å². The Morgan fingerprint density at radius 3 is 2.78 bits per heavy atom. The monoisotopic (exact) mass is 699 g/mol. The lowest BCUT2D eigenvalue weighted by molar-refractivity contribution is 0.0390. The maximum Gasteiger partial charge on any atom is 0.227 e. The first-order valence-corrected chi connectivity index (χ1v) is 17.1. The third kappa shape index (κ3) is 7.09. The number of nitrogens with zero attached hydrogens (tertiary/aromatic N) is 5. The number of fused-ring (bicyclic) bond motifs is 1. The van der Waals surface area contributed by atoms with Gasteiger partial charge in [0.2, 0.25) is 11.8 Å². The Morgan fingerprint density at radius 2 is 2.06 bits per heavy atom. The number of anilines is 1. The summed E-state index contributed by atoms with van der Waals surface area (Å²) >= 11 is 6.62. The lowest BCUT2D eigenvalue weighted by atomic mass is 9.92. The van der Waals surface area contributed by atoms with E-state index in [2.05, 4.69) is 27.7 Å². The number of nitrogens with one attached hydrogen (secondary N) is 1. The minimum Gasteiger partial charge on any atom is -0.480 e. The quantitative estimate of drug-likeness (QED) is 0.0923. The van der Waals surface area contributed by atoms with Crippen LogP contribution in [-0.4, -0.2) is 112 Å². The van der Waals surface area contributed by atoms with Crippen molar-refractivity contribution in [1.29, 1.82) is 5.41 Å². The van der Waals surface area contributed by atoms with Crippen LogP contribution >= 0.6 is 11.6 Å². The molecule has 49 heavy (non-hydrogen) atoms. The summed E-state index contributed by atoms with van der Waals surface area (Å²) in [5, 5.41) is 8.15. The van der Waals surface area contributed by atoms with E-state index in [4.69, 9.17) is 46.7 Å². The highest BCUT2D eigenvalue weighted by molar-refractivity contribution is 6.32. The maximum atomic E-state index is 16.9. The van der Waals surface area contributed by atoms with E-state index in [1.807, 2.05) is 4.90 Å². The largest absolute Gasteiger partial charge is 0.480 e. The van der Waals surface area contributed by atoms with Gasteiger partial charge in [-0.05, 0) is 69.3 Å². The van der Waals surface area contributed by atoms with E-state index in [1.54, 1.807) is 7.11 Å². The van der Waals surface area contributed by atoms with E-state index >= 15 is 4.39 Å². The molecule has 4 fully saturated rings. The second kappa shape index (κ2) is 15.2. The van der Waals surface area contributed by atoms with Crippen molar-refractivity contribution in [2.75, 3.05) is 79.3 Å². The predicted molar refractivity (Wildman–Crippen MR) is 187 cm³/mol. The Labute approximate surface area is 290 Å². The highest BCUT2D eigenvalue weighted by Gasteiger charge is 2.46. The Morgan fingerprint density at radius 1 is 1.24 bits per heavy atom. The number of rotatable bonds is 12. The Kier molecular flexibility index (Phi) is 10.9. The van der Waals surface area contributed by atoms with Crippen LogP contribution < -0.4 is 10.5 Å². The molecule has 2 aromatic rings. The zero-order valence-electron chi connectivity index (χ0n) is 28.1. The second-order valence-corrected chi connectivity index (χ2v) is 13.4. The number of nitrogens with two attached hydrogens (primary N) is 1. The molecular weight excluding hydrogens is 656 g/mol. The van der Waals surface area contributed by atoms with Crippen molar-refractivity contribution in [3.63, 3.8) is 0 Å². The van der Waals surface area contributed by atoms with E-state index < -0.39 is 11.8 Å². The van der Waals surface area contributed by atoms with Crippen LogP contribution in [0.3, 0.4) is 0 Å². The number of benzene rings is 1. The number of hydrogen-bond acceptors (Lipinski definition) is 10. The summed E-state index contributed by atoms with van der Waals surface area (Å²) in [6, 6.07) is 1.40. The van der Waals surface area contributed by atoms with Gasteiger partial charge in [0.1, 0.15) is 29.5 Å². The van der Waals surface area contributed by atoms with Crippen LogP contribution in [0.2, 0.25) is 5.02 Å². The third-order valence-corrected chi connectivity index (χ3v) is 10.2. The minimum absolute atomic E-state index is 0.00231. The summed E-state index contributed by atoms with van der Waals surface area (Å²) in [4.78, 5) is 18.1. The SMILES string of the molecule is C=Nc1c(F)c(-c2c(C(=N)F)c(N)cc(Cl)c2C2CC2)nc(OC)c1/C(=N\COCC12CCCN1C/C(=C\COC)C2)N1CCCOCC1. The van der Waals surface area contributed by atoms with Crippen LogP contribution in [0.4, 0.5) is 20.2 Å². The van der Waals surface area contributed by atoms with Gasteiger partial charge in [-0.1, -0.05) is 23.3 Å². The lowest BCUT2D eigenvalue weighted by Gasteiger charge is -2.31. The first-order valence-electron chi connectivity index (χ1n) is 16.7. The van der Waals surface area contributed by atoms with E-state index in [0.29, 0.717) is 50.9 Å². The zero-order valence-corrected chi connectivity index (χ0v) is 28.9. The van der Waals surface area contributed by atoms with E-state index in [9.17, 15) is 4.39 Å². The molecule has 1 atom stereocenters. The standard InChI is InChI=1S/C35H44ClF2N7O4/c1-41-30-28(34(47-3)43-31(29(30)37)27-25(22-6-7-22)23(36)16-24(39)26(27)32(38)40)33(44-10-5-13-48-15-12-44)42-20-49-19-35-9-4-11-45(35)18-21(17-35)8-14-46-2/h8,16,22,40H,1,4-7,9-15,17-20,39H2,2-3H3/b21-8-,40-32?,42-33+. The number of ether oxygens (including phenoxy) is 4. The predicted octanol–water partition coefficient (Wildman–Crippen LogP) is 5.89. The molecule has 1 aromatic carbocycles. The average molecular weight is 700 g/mol. The molecule has 0 radical (unpaired) electrons.